The van der Waals surface area contributed by atoms with Crippen molar-refractivity contribution < 1.29 is 9.59 Å². The van der Waals surface area contributed by atoms with Crippen LogP contribution in [0.5, 0.6) is 0 Å². The predicted octanol–water partition coefficient (Wildman–Crippen LogP) is 4.87. The molecule has 0 radical (unpaired) electrons. The molecule has 2 bridgehead atoms. The molecule has 1 saturated heterocycles. The number of likely N-dealkylation sites (tertiary alicyclic amines) is 1. The number of benzene rings is 2. The molecule has 1 heterocycles. The number of rotatable bonds is 4. The molecule has 4 rings (SSSR count). The molecule has 1 aliphatic heterocycles. The Labute approximate surface area is 190 Å². The molecule has 2 atom stereocenters. The van der Waals surface area contributed by atoms with E-state index in [1.54, 1.807) is 36.2 Å². The van der Waals surface area contributed by atoms with Gasteiger partial charge in [0, 0.05) is 37.3 Å². The van der Waals surface area contributed by atoms with Crippen molar-refractivity contribution in [2.75, 3.05) is 13.6 Å². The van der Waals surface area contributed by atoms with E-state index in [9.17, 15) is 9.59 Å². The molecule has 2 fully saturated rings. The number of nitrogens with zero attached hydrogens (tertiary/aromatic N) is 3. The van der Waals surface area contributed by atoms with Gasteiger partial charge < -0.3 is 9.80 Å². The minimum Gasteiger partial charge on any atom is -0.337 e. The highest BCUT2D eigenvalue weighted by atomic mass is 16.2. The molecular weight excluding hydrogens is 398 g/mol. The molecule has 0 N–H and O–H groups in total. The SMILES string of the molecule is CN(Cc1ccc(C(=O)N2CC3(C)CC2CC(C)(C)C3)cc1)C(=O)c1cccc(C#N)c1. The van der Waals surface area contributed by atoms with Crippen LogP contribution in [0.2, 0.25) is 0 Å². The number of hydrogen-bond acceptors (Lipinski definition) is 3. The van der Waals surface area contributed by atoms with Crippen molar-refractivity contribution in [1.82, 2.24) is 9.80 Å². The van der Waals surface area contributed by atoms with E-state index in [-0.39, 0.29) is 22.6 Å². The van der Waals surface area contributed by atoms with E-state index >= 15 is 0 Å². The minimum atomic E-state index is -0.137. The van der Waals surface area contributed by atoms with Crippen LogP contribution in [-0.2, 0) is 6.54 Å². The monoisotopic (exact) mass is 429 g/mol. The fourth-order valence-electron chi connectivity index (χ4n) is 5.90. The van der Waals surface area contributed by atoms with Crippen LogP contribution in [0.15, 0.2) is 48.5 Å². The maximum atomic E-state index is 13.3. The summed E-state index contributed by atoms with van der Waals surface area (Å²) >= 11 is 0. The molecule has 0 spiro atoms. The number of hydrogen-bond donors (Lipinski definition) is 0. The lowest BCUT2D eigenvalue weighted by Gasteiger charge is -2.39. The Bertz CT molecular complexity index is 1080. The number of nitriles is 1. The molecule has 1 aliphatic carbocycles. The predicted molar refractivity (Wildman–Crippen MR) is 124 cm³/mol. The van der Waals surface area contributed by atoms with Gasteiger partial charge in [-0.2, -0.15) is 5.26 Å². The molecular formula is C27H31N3O2. The first-order chi connectivity index (χ1) is 15.1. The minimum absolute atomic E-state index is 0.112. The summed E-state index contributed by atoms with van der Waals surface area (Å²) in [6, 6.07) is 16.7. The summed E-state index contributed by atoms with van der Waals surface area (Å²) in [5.41, 5.74) is 3.13. The van der Waals surface area contributed by atoms with Gasteiger partial charge in [0.05, 0.1) is 11.6 Å². The van der Waals surface area contributed by atoms with Crippen molar-refractivity contribution >= 4 is 11.8 Å². The van der Waals surface area contributed by atoms with E-state index in [1.807, 2.05) is 24.3 Å². The highest BCUT2D eigenvalue weighted by Gasteiger charge is 2.50. The third-order valence-corrected chi connectivity index (χ3v) is 6.88. The lowest BCUT2D eigenvalue weighted by Crippen LogP contribution is -2.37. The Kier molecular flexibility index (Phi) is 5.58. The molecule has 32 heavy (non-hydrogen) atoms. The summed E-state index contributed by atoms with van der Waals surface area (Å²) in [5.74, 6) is -0.0248. The van der Waals surface area contributed by atoms with Gasteiger partial charge in [-0.3, -0.25) is 9.59 Å². The Balaban J connectivity index is 1.42. The average molecular weight is 430 g/mol. The zero-order valence-corrected chi connectivity index (χ0v) is 19.4. The highest BCUT2D eigenvalue weighted by molar-refractivity contribution is 5.95. The van der Waals surface area contributed by atoms with E-state index in [2.05, 4.69) is 31.7 Å². The van der Waals surface area contributed by atoms with Gasteiger partial charge in [-0.25, -0.2) is 0 Å². The van der Waals surface area contributed by atoms with Gasteiger partial charge in [-0.15, -0.1) is 0 Å². The Morgan fingerprint density at radius 1 is 1.09 bits per heavy atom. The number of amides is 2. The van der Waals surface area contributed by atoms with Crippen LogP contribution in [0, 0.1) is 22.2 Å². The van der Waals surface area contributed by atoms with Gasteiger partial charge in [-0.05, 0) is 66.0 Å². The van der Waals surface area contributed by atoms with Crippen molar-refractivity contribution in [3.63, 3.8) is 0 Å². The maximum Gasteiger partial charge on any atom is 0.254 e. The van der Waals surface area contributed by atoms with Crippen LogP contribution in [0.1, 0.15) is 71.9 Å². The Morgan fingerprint density at radius 3 is 2.50 bits per heavy atom. The maximum absolute atomic E-state index is 13.3. The molecule has 0 aromatic heterocycles. The fourth-order valence-corrected chi connectivity index (χ4v) is 5.90. The second kappa shape index (κ2) is 8.09. The molecule has 1 saturated carbocycles. The second-order valence-corrected chi connectivity index (χ2v) is 10.7. The first kappa shape index (κ1) is 22.1. The summed E-state index contributed by atoms with van der Waals surface area (Å²) in [5, 5.41) is 9.05. The standard InChI is InChI=1S/C27H31N3O2/c1-26(2)13-23-14-27(3,17-26)18-30(23)25(32)21-10-8-19(9-11-21)16-29(4)24(31)22-7-5-6-20(12-22)15-28/h5-12,23H,13-14,16-18H2,1-4H3. The summed E-state index contributed by atoms with van der Waals surface area (Å²) in [7, 11) is 1.74. The smallest absolute Gasteiger partial charge is 0.254 e. The summed E-state index contributed by atoms with van der Waals surface area (Å²) in [6.45, 7) is 8.21. The second-order valence-electron chi connectivity index (χ2n) is 10.7. The molecule has 5 heteroatoms. The summed E-state index contributed by atoms with van der Waals surface area (Å²) in [6.07, 6.45) is 3.32. The molecule has 2 aromatic rings. The molecule has 2 aliphatic rings. The van der Waals surface area contributed by atoms with Gasteiger partial charge >= 0.3 is 0 Å². The van der Waals surface area contributed by atoms with Gasteiger partial charge in [0.2, 0.25) is 0 Å². The molecule has 166 valence electrons. The lowest BCUT2D eigenvalue weighted by atomic mass is 9.65. The zero-order chi connectivity index (χ0) is 23.1. The van der Waals surface area contributed by atoms with E-state index < -0.39 is 0 Å². The quantitative estimate of drug-likeness (QED) is 0.696. The van der Waals surface area contributed by atoms with Gasteiger partial charge in [-0.1, -0.05) is 39.0 Å². The van der Waals surface area contributed by atoms with Gasteiger partial charge in [0.1, 0.15) is 0 Å². The van der Waals surface area contributed by atoms with Gasteiger partial charge in [0.25, 0.3) is 11.8 Å². The van der Waals surface area contributed by atoms with Crippen molar-refractivity contribution in [3.8, 4) is 6.07 Å². The van der Waals surface area contributed by atoms with E-state index in [1.165, 1.54) is 0 Å². The average Bonchev–Trinajstić information content (AvgIpc) is 3.01. The van der Waals surface area contributed by atoms with E-state index in [4.69, 9.17) is 5.26 Å². The largest absolute Gasteiger partial charge is 0.337 e. The van der Waals surface area contributed by atoms with Crippen molar-refractivity contribution in [1.29, 1.82) is 5.26 Å². The third kappa shape index (κ3) is 4.41. The molecule has 2 unspecified atom stereocenters. The van der Waals surface area contributed by atoms with Crippen LogP contribution >= 0.6 is 0 Å². The third-order valence-electron chi connectivity index (χ3n) is 6.88. The van der Waals surface area contributed by atoms with Crippen molar-refractivity contribution in [2.24, 2.45) is 10.8 Å². The Hall–Kier alpha value is -3.13. The van der Waals surface area contributed by atoms with Crippen LogP contribution in [0.25, 0.3) is 0 Å². The van der Waals surface area contributed by atoms with Crippen LogP contribution in [0.3, 0.4) is 0 Å². The summed E-state index contributed by atoms with van der Waals surface area (Å²) in [4.78, 5) is 29.7. The zero-order valence-electron chi connectivity index (χ0n) is 19.4. The van der Waals surface area contributed by atoms with E-state index in [0.717, 1.165) is 31.4 Å². The summed E-state index contributed by atoms with van der Waals surface area (Å²) < 4.78 is 0. The molecule has 5 nitrogen and oxygen atoms in total. The molecule has 2 amide bonds. The molecule has 2 aromatic carbocycles. The topological polar surface area (TPSA) is 64.4 Å². The van der Waals surface area contributed by atoms with Crippen molar-refractivity contribution in [2.45, 2.75) is 52.6 Å². The number of carbonyl (C=O) groups is 2. The first-order valence-electron chi connectivity index (χ1n) is 11.2. The normalized spacial score (nSPS) is 23.5. The van der Waals surface area contributed by atoms with Gasteiger partial charge in [0.15, 0.2) is 0 Å². The number of carbonyl (C=O) groups excluding carboxylic acids is 2. The van der Waals surface area contributed by atoms with Crippen LogP contribution in [-0.4, -0.2) is 41.2 Å². The number of fused-ring (bicyclic) bond motifs is 2. The fraction of sp³-hybridized carbons (Fsp3) is 0.444. The first-order valence-corrected chi connectivity index (χ1v) is 11.2. The Morgan fingerprint density at radius 2 is 1.81 bits per heavy atom. The van der Waals surface area contributed by atoms with Crippen molar-refractivity contribution in [3.05, 3.63) is 70.8 Å². The van der Waals surface area contributed by atoms with Crippen LogP contribution < -0.4 is 0 Å². The van der Waals surface area contributed by atoms with E-state index in [0.29, 0.717) is 29.3 Å². The van der Waals surface area contributed by atoms with Crippen LogP contribution in [0.4, 0.5) is 0 Å². The highest BCUT2D eigenvalue weighted by Crippen LogP contribution is 2.52. The lowest BCUT2D eigenvalue weighted by molar-refractivity contribution is 0.0707.